The summed E-state index contributed by atoms with van der Waals surface area (Å²) < 4.78 is 2.23. The predicted molar refractivity (Wildman–Crippen MR) is 74.6 cm³/mol. The zero-order valence-electron chi connectivity index (χ0n) is 11.7. The predicted octanol–water partition coefficient (Wildman–Crippen LogP) is 2.04. The highest BCUT2D eigenvalue weighted by Gasteiger charge is 2.10. The van der Waals surface area contributed by atoms with Gasteiger partial charge in [0.1, 0.15) is 0 Å². The fourth-order valence-corrected chi connectivity index (χ4v) is 2.58. The van der Waals surface area contributed by atoms with Crippen LogP contribution >= 0.6 is 0 Å². The maximum absolute atomic E-state index is 4.22. The summed E-state index contributed by atoms with van der Waals surface area (Å²) >= 11 is 0. The van der Waals surface area contributed by atoms with Crippen LogP contribution in [0.15, 0.2) is 12.5 Å². The Morgan fingerprint density at radius 1 is 1.33 bits per heavy atom. The van der Waals surface area contributed by atoms with E-state index in [1.54, 1.807) is 0 Å². The lowest BCUT2D eigenvalue weighted by Gasteiger charge is -2.15. The molecule has 4 nitrogen and oxygen atoms in total. The zero-order valence-corrected chi connectivity index (χ0v) is 11.7. The molecule has 1 fully saturated rings. The van der Waals surface area contributed by atoms with E-state index in [9.17, 15) is 0 Å². The lowest BCUT2D eigenvalue weighted by Crippen LogP contribution is -2.25. The summed E-state index contributed by atoms with van der Waals surface area (Å²) in [4.78, 5) is 6.79. The number of nitrogens with zero attached hydrogens (tertiary/aromatic N) is 3. The molecule has 1 N–H and O–H groups in total. The van der Waals surface area contributed by atoms with Crippen molar-refractivity contribution < 1.29 is 0 Å². The monoisotopic (exact) mass is 250 g/mol. The van der Waals surface area contributed by atoms with E-state index in [-0.39, 0.29) is 0 Å². The summed E-state index contributed by atoms with van der Waals surface area (Å²) in [6, 6.07) is 0.494. The van der Waals surface area contributed by atoms with E-state index in [4.69, 9.17) is 0 Å². The Hall–Kier alpha value is -0.870. The van der Waals surface area contributed by atoms with Crippen LogP contribution in [0.5, 0.6) is 0 Å². The van der Waals surface area contributed by atoms with Crippen LogP contribution in [0.2, 0.25) is 0 Å². The van der Waals surface area contributed by atoms with E-state index >= 15 is 0 Å². The van der Waals surface area contributed by atoms with Gasteiger partial charge in [-0.15, -0.1) is 0 Å². The molecule has 102 valence electrons. The Morgan fingerprint density at radius 2 is 2.11 bits per heavy atom. The largest absolute Gasteiger partial charge is 0.331 e. The molecule has 0 spiro atoms. The molecule has 2 rings (SSSR count). The molecule has 1 aliphatic heterocycles. The van der Waals surface area contributed by atoms with Crippen LogP contribution in [0.25, 0.3) is 0 Å². The molecule has 4 heteroatoms. The lowest BCUT2D eigenvalue weighted by molar-refractivity contribution is 0.330. The van der Waals surface area contributed by atoms with Crippen molar-refractivity contribution >= 4 is 0 Å². The minimum Gasteiger partial charge on any atom is -0.331 e. The van der Waals surface area contributed by atoms with E-state index in [0.29, 0.717) is 6.04 Å². The van der Waals surface area contributed by atoms with Crippen LogP contribution in [0.1, 0.15) is 44.8 Å². The SMILES string of the molecule is CC(C)n1cncc1CNCCCN1CCCC1. The van der Waals surface area contributed by atoms with Crippen molar-refractivity contribution in [3.8, 4) is 0 Å². The molecule has 0 radical (unpaired) electrons. The highest BCUT2D eigenvalue weighted by molar-refractivity contribution is 4.99. The summed E-state index contributed by atoms with van der Waals surface area (Å²) in [7, 11) is 0. The van der Waals surface area contributed by atoms with Gasteiger partial charge >= 0.3 is 0 Å². The van der Waals surface area contributed by atoms with Gasteiger partial charge in [0.05, 0.1) is 12.0 Å². The molecule has 0 atom stereocenters. The number of likely N-dealkylation sites (tertiary alicyclic amines) is 1. The Kier molecular flexibility index (Phi) is 5.20. The highest BCUT2D eigenvalue weighted by Crippen LogP contribution is 2.09. The van der Waals surface area contributed by atoms with Crippen LogP contribution < -0.4 is 5.32 Å². The smallest absolute Gasteiger partial charge is 0.0951 e. The number of rotatable bonds is 7. The molecule has 1 aromatic heterocycles. The molecule has 1 saturated heterocycles. The number of imidazole rings is 1. The normalized spacial score (nSPS) is 16.8. The van der Waals surface area contributed by atoms with E-state index in [1.807, 2.05) is 12.5 Å². The van der Waals surface area contributed by atoms with E-state index in [1.165, 1.54) is 44.6 Å². The van der Waals surface area contributed by atoms with Crippen molar-refractivity contribution in [1.82, 2.24) is 19.8 Å². The number of hydrogen-bond acceptors (Lipinski definition) is 3. The van der Waals surface area contributed by atoms with Crippen molar-refractivity contribution in [1.29, 1.82) is 0 Å². The minimum absolute atomic E-state index is 0.494. The molecule has 0 unspecified atom stereocenters. The zero-order chi connectivity index (χ0) is 12.8. The van der Waals surface area contributed by atoms with E-state index < -0.39 is 0 Å². The fraction of sp³-hybridized carbons (Fsp3) is 0.786. The first kappa shape index (κ1) is 13.6. The first-order chi connectivity index (χ1) is 8.77. The average molecular weight is 250 g/mol. The molecule has 0 bridgehead atoms. The van der Waals surface area contributed by atoms with Crippen molar-refractivity contribution in [3.63, 3.8) is 0 Å². The Balaban J connectivity index is 1.61. The standard InChI is InChI=1S/C14H26N4/c1-13(2)18-12-16-11-14(18)10-15-6-5-9-17-7-3-4-8-17/h11-13,15H,3-10H2,1-2H3. The second-order valence-corrected chi connectivity index (χ2v) is 5.47. The Morgan fingerprint density at radius 3 is 2.83 bits per heavy atom. The van der Waals surface area contributed by atoms with Crippen LogP contribution in [0.4, 0.5) is 0 Å². The van der Waals surface area contributed by atoms with Gasteiger partial charge in [-0.05, 0) is 59.3 Å². The van der Waals surface area contributed by atoms with Crippen LogP contribution in [-0.2, 0) is 6.54 Å². The Bertz CT molecular complexity index is 339. The molecular formula is C14H26N4. The molecule has 0 amide bonds. The first-order valence-electron chi connectivity index (χ1n) is 7.21. The van der Waals surface area contributed by atoms with Gasteiger partial charge in [0, 0.05) is 18.8 Å². The third-order valence-corrected chi connectivity index (χ3v) is 3.64. The van der Waals surface area contributed by atoms with Gasteiger partial charge in [0.15, 0.2) is 0 Å². The molecular weight excluding hydrogens is 224 g/mol. The van der Waals surface area contributed by atoms with Gasteiger partial charge in [-0.2, -0.15) is 0 Å². The summed E-state index contributed by atoms with van der Waals surface area (Å²) in [6.45, 7) is 10.3. The van der Waals surface area contributed by atoms with Crippen molar-refractivity contribution in [2.45, 2.75) is 45.7 Å². The van der Waals surface area contributed by atoms with Crippen molar-refractivity contribution in [2.24, 2.45) is 0 Å². The van der Waals surface area contributed by atoms with Crippen molar-refractivity contribution in [2.75, 3.05) is 26.2 Å². The van der Waals surface area contributed by atoms with Gasteiger partial charge < -0.3 is 14.8 Å². The Labute approximate surface area is 110 Å². The number of nitrogens with one attached hydrogen (secondary N) is 1. The summed E-state index contributed by atoms with van der Waals surface area (Å²) in [5, 5.41) is 3.52. The third kappa shape index (κ3) is 3.82. The third-order valence-electron chi connectivity index (χ3n) is 3.64. The van der Waals surface area contributed by atoms with Gasteiger partial charge in [-0.25, -0.2) is 4.98 Å². The van der Waals surface area contributed by atoms with Gasteiger partial charge in [-0.3, -0.25) is 0 Å². The second-order valence-electron chi connectivity index (χ2n) is 5.47. The molecule has 0 saturated carbocycles. The molecule has 0 aromatic carbocycles. The quantitative estimate of drug-likeness (QED) is 0.752. The average Bonchev–Trinajstić information content (AvgIpc) is 2.98. The molecule has 0 aliphatic carbocycles. The van der Waals surface area contributed by atoms with E-state index in [2.05, 4.69) is 33.6 Å². The maximum atomic E-state index is 4.22. The van der Waals surface area contributed by atoms with Crippen LogP contribution in [0, 0.1) is 0 Å². The summed E-state index contributed by atoms with van der Waals surface area (Å²) in [6.07, 6.45) is 7.91. The first-order valence-corrected chi connectivity index (χ1v) is 7.21. The molecule has 1 aliphatic rings. The van der Waals surface area contributed by atoms with Gasteiger partial charge in [0.2, 0.25) is 0 Å². The van der Waals surface area contributed by atoms with Gasteiger partial charge in [0.25, 0.3) is 0 Å². The van der Waals surface area contributed by atoms with Crippen molar-refractivity contribution in [3.05, 3.63) is 18.2 Å². The van der Waals surface area contributed by atoms with Crippen LogP contribution in [0.3, 0.4) is 0 Å². The maximum Gasteiger partial charge on any atom is 0.0951 e. The second kappa shape index (κ2) is 6.90. The lowest BCUT2D eigenvalue weighted by atomic mass is 10.3. The summed E-state index contributed by atoms with van der Waals surface area (Å²) in [5.74, 6) is 0. The molecule has 18 heavy (non-hydrogen) atoms. The number of aromatic nitrogens is 2. The minimum atomic E-state index is 0.494. The highest BCUT2D eigenvalue weighted by atomic mass is 15.1. The van der Waals surface area contributed by atoms with Crippen LogP contribution in [-0.4, -0.2) is 40.6 Å². The molecule has 2 heterocycles. The van der Waals surface area contributed by atoms with Gasteiger partial charge in [-0.1, -0.05) is 0 Å². The summed E-state index contributed by atoms with van der Waals surface area (Å²) in [5.41, 5.74) is 1.28. The topological polar surface area (TPSA) is 33.1 Å². The fourth-order valence-electron chi connectivity index (χ4n) is 2.58. The molecule has 1 aromatic rings. The van der Waals surface area contributed by atoms with E-state index in [0.717, 1.165) is 13.1 Å². The number of hydrogen-bond donors (Lipinski definition) is 1.